The standard InChI is InChI=1S/C22H25Cl2NO4/c1-3-5-6-7-12-29-20-18(23)13-16(14-19(20)24)21(26)25-17-10-8-15(9-11-17)22(27)28-4-2/h8-11,13-14H,3-7,12H2,1-2H3,(H,25,26). The van der Waals surface area contributed by atoms with Crippen LogP contribution in [0.4, 0.5) is 5.69 Å². The summed E-state index contributed by atoms with van der Waals surface area (Å²) in [5.74, 6) is -0.387. The Hall–Kier alpha value is -2.24. The van der Waals surface area contributed by atoms with Crippen molar-refractivity contribution in [2.45, 2.75) is 39.5 Å². The van der Waals surface area contributed by atoms with Crippen LogP contribution in [0.3, 0.4) is 0 Å². The van der Waals surface area contributed by atoms with Crippen LogP contribution in [0, 0.1) is 0 Å². The highest BCUT2D eigenvalue weighted by Gasteiger charge is 2.15. The summed E-state index contributed by atoms with van der Waals surface area (Å²) < 4.78 is 10.6. The van der Waals surface area contributed by atoms with Crippen molar-refractivity contribution in [1.29, 1.82) is 0 Å². The fourth-order valence-corrected chi connectivity index (χ4v) is 3.24. The van der Waals surface area contributed by atoms with E-state index in [0.717, 1.165) is 25.7 Å². The third-order valence-corrected chi connectivity index (χ3v) is 4.72. The topological polar surface area (TPSA) is 64.6 Å². The van der Waals surface area contributed by atoms with Gasteiger partial charge in [-0.25, -0.2) is 4.79 Å². The van der Waals surface area contributed by atoms with E-state index in [-0.39, 0.29) is 16.0 Å². The average molecular weight is 438 g/mol. The van der Waals surface area contributed by atoms with Gasteiger partial charge in [-0.2, -0.15) is 0 Å². The van der Waals surface area contributed by atoms with Gasteiger partial charge in [0.25, 0.3) is 5.91 Å². The van der Waals surface area contributed by atoms with Crippen molar-refractivity contribution in [3.8, 4) is 5.75 Å². The van der Waals surface area contributed by atoms with E-state index in [1.807, 2.05) is 0 Å². The molecule has 0 bridgehead atoms. The van der Waals surface area contributed by atoms with Gasteiger partial charge in [0, 0.05) is 11.3 Å². The first kappa shape index (κ1) is 23.0. The summed E-state index contributed by atoms with van der Waals surface area (Å²) in [4.78, 5) is 24.2. The van der Waals surface area contributed by atoms with Crippen molar-refractivity contribution in [2.75, 3.05) is 18.5 Å². The second-order valence-corrected chi connectivity index (χ2v) is 7.24. The molecular weight excluding hydrogens is 413 g/mol. The van der Waals surface area contributed by atoms with Crippen LogP contribution in [0.25, 0.3) is 0 Å². The highest BCUT2D eigenvalue weighted by molar-refractivity contribution is 6.37. The molecule has 0 saturated heterocycles. The predicted molar refractivity (Wildman–Crippen MR) is 116 cm³/mol. The van der Waals surface area contributed by atoms with Gasteiger partial charge in [-0.15, -0.1) is 0 Å². The van der Waals surface area contributed by atoms with Crippen LogP contribution in [0.5, 0.6) is 5.75 Å². The molecule has 0 saturated carbocycles. The Balaban J connectivity index is 2.01. The number of rotatable bonds is 10. The van der Waals surface area contributed by atoms with Crippen LogP contribution in [0.1, 0.15) is 60.2 Å². The largest absolute Gasteiger partial charge is 0.490 e. The van der Waals surface area contributed by atoms with E-state index in [1.54, 1.807) is 31.2 Å². The highest BCUT2D eigenvalue weighted by atomic mass is 35.5. The second kappa shape index (κ2) is 11.7. The maximum atomic E-state index is 12.5. The van der Waals surface area contributed by atoms with Gasteiger partial charge in [-0.1, -0.05) is 49.4 Å². The number of halogens is 2. The number of hydrogen-bond donors (Lipinski definition) is 1. The number of carbonyl (C=O) groups excluding carboxylic acids is 2. The van der Waals surface area contributed by atoms with Gasteiger partial charge in [0.15, 0.2) is 5.75 Å². The molecule has 0 unspecified atom stereocenters. The molecule has 0 aliphatic heterocycles. The zero-order chi connectivity index (χ0) is 21.2. The van der Waals surface area contributed by atoms with E-state index in [0.29, 0.717) is 35.8 Å². The lowest BCUT2D eigenvalue weighted by Crippen LogP contribution is -2.12. The summed E-state index contributed by atoms with van der Waals surface area (Å²) in [6.07, 6.45) is 4.31. The molecule has 1 amide bonds. The molecule has 0 atom stereocenters. The summed E-state index contributed by atoms with van der Waals surface area (Å²) in [5, 5.41) is 3.32. The number of ether oxygens (including phenoxy) is 2. The molecule has 5 nitrogen and oxygen atoms in total. The normalized spacial score (nSPS) is 10.5. The second-order valence-electron chi connectivity index (χ2n) is 6.43. The molecule has 0 heterocycles. The number of benzene rings is 2. The molecule has 0 radical (unpaired) electrons. The Morgan fingerprint density at radius 3 is 2.17 bits per heavy atom. The van der Waals surface area contributed by atoms with E-state index >= 15 is 0 Å². The predicted octanol–water partition coefficient (Wildman–Crippen LogP) is 6.38. The monoisotopic (exact) mass is 437 g/mol. The molecule has 0 spiro atoms. The zero-order valence-electron chi connectivity index (χ0n) is 16.6. The van der Waals surface area contributed by atoms with E-state index in [1.165, 1.54) is 12.1 Å². The molecule has 0 aliphatic carbocycles. The van der Waals surface area contributed by atoms with Crippen LogP contribution in [-0.4, -0.2) is 25.1 Å². The Labute approximate surface area is 181 Å². The lowest BCUT2D eigenvalue weighted by Gasteiger charge is -2.12. The fourth-order valence-electron chi connectivity index (χ4n) is 2.64. The first-order chi connectivity index (χ1) is 14.0. The van der Waals surface area contributed by atoms with Crippen molar-refractivity contribution in [2.24, 2.45) is 0 Å². The lowest BCUT2D eigenvalue weighted by molar-refractivity contribution is 0.0526. The fraction of sp³-hybridized carbons (Fsp3) is 0.364. The highest BCUT2D eigenvalue weighted by Crippen LogP contribution is 2.34. The molecule has 2 aromatic carbocycles. The van der Waals surface area contributed by atoms with E-state index < -0.39 is 5.97 Å². The number of anilines is 1. The Bertz CT molecular complexity index is 814. The number of esters is 1. The maximum Gasteiger partial charge on any atom is 0.338 e. The van der Waals surface area contributed by atoms with Crippen LogP contribution >= 0.6 is 23.2 Å². The SMILES string of the molecule is CCCCCCOc1c(Cl)cc(C(=O)Nc2ccc(C(=O)OCC)cc2)cc1Cl. The molecular formula is C22H25Cl2NO4. The lowest BCUT2D eigenvalue weighted by atomic mass is 10.1. The minimum atomic E-state index is -0.408. The minimum absolute atomic E-state index is 0.288. The maximum absolute atomic E-state index is 12.5. The number of hydrogen-bond acceptors (Lipinski definition) is 4. The number of carbonyl (C=O) groups is 2. The zero-order valence-corrected chi connectivity index (χ0v) is 18.1. The Morgan fingerprint density at radius 2 is 1.59 bits per heavy atom. The van der Waals surface area contributed by atoms with Gasteiger partial charge >= 0.3 is 5.97 Å². The summed E-state index contributed by atoms with van der Waals surface area (Å²) in [6, 6.07) is 9.47. The van der Waals surface area contributed by atoms with Crippen LogP contribution < -0.4 is 10.1 Å². The molecule has 0 aromatic heterocycles. The molecule has 156 valence electrons. The summed E-state index contributed by atoms with van der Waals surface area (Å²) in [6.45, 7) is 4.72. The first-order valence-corrected chi connectivity index (χ1v) is 10.4. The third kappa shape index (κ3) is 6.94. The van der Waals surface area contributed by atoms with Crippen LogP contribution in [-0.2, 0) is 4.74 Å². The van der Waals surface area contributed by atoms with Crippen LogP contribution in [0.2, 0.25) is 10.0 Å². The molecule has 2 rings (SSSR count). The van der Waals surface area contributed by atoms with Gasteiger partial charge < -0.3 is 14.8 Å². The van der Waals surface area contributed by atoms with E-state index in [9.17, 15) is 9.59 Å². The molecule has 0 aliphatic rings. The number of unbranched alkanes of at least 4 members (excludes halogenated alkanes) is 3. The van der Waals surface area contributed by atoms with Crippen LogP contribution in [0.15, 0.2) is 36.4 Å². The van der Waals surface area contributed by atoms with Gasteiger partial charge in [0.05, 0.1) is 28.8 Å². The minimum Gasteiger partial charge on any atom is -0.490 e. The molecule has 0 fully saturated rings. The molecule has 7 heteroatoms. The molecule has 2 aromatic rings. The quantitative estimate of drug-likeness (QED) is 0.345. The molecule has 1 N–H and O–H groups in total. The van der Waals surface area contributed by atoms with E-state index in [2.05, 4.69) is 12.2 Å². The number of nitrogens with one attached hydrogen (secondary N) is 1. The van der Waals surface area contributed by atoms with Crippen molar-refractivity contribution in [1.82, 2.24) is 0 Å². The van der Waals surface area contributed by atoms with E-state index in [4.69, 9.17) is 32.7 Å². The first-order valence-electron chi connectivity index (χ1n) is 9.66. The third-order valence-electron chi connectivity index (χ3n) is 4.16. The van der Waals surface area contributed by atoms with Gasteiger partial charge in [-0.3, -0.25) is 4.79 Å². The smallest absolute Gasteiger partial charge is 0.338 e. The van der Waals surface area contributed by atoms with Crippen molar-refractivity contribution < 1.29 is 19.1 Å². The van der Waals surface area contributed by atoms with Crippen molar-refractivity contribution >= 4 is 40.8 Å². The summed E-state index contributed by atoms with van der Waals surface area (Å²) in [7, 11) is 0. The Kier molecular flexibility index (Phi) is 9.29. The molecule has 29 heavy (non-hydrogen) atoms. The van der Waals surface area contributed by atoms with Crippen molar-refractivity contribution in [3.63, 3.8) is 0 Å². The van der Waals surface area contributed by atoms with Gasteiger partial charge in [0.2, 0.25) is 0 Å². The Morgan fingerprint density at radius 1 is 0.931 bits per heavy atom. The average Bonchev–Trinajstić information content (AvgIpc) is 2.70. The van der Waals surface area contributed by atoms with Gasteiger partial charge in [-0.05, 0) is 49.7 Å². The summed E-state index contributed by atoms with van der Waals surface area (Å²) >= 11 is 12.5. The van der Waals surface area contributed by atoms with Crippen molar-refractivity contribution in [3.05, 3.63) is 57.6 Å². The van der Waals surface area contributed by atoms with Gasteiger partial charge in [0.1, 0.15) is 0 Å². The number of amides is 1. The summed E-state index contributed by atoms with van der Waals surface area (Å²) in [5.41, 5.74) is 1.26.